The van der Waals surface area contributed by atoms with Gasteiger partial charge in [0.15, 0.2) is 5.78 Å². The second-order valence-electron chi connectivity index (χ2n) is 7.90. The predicted molar refractivity (Wildman–Crippen MR) is 121 cm³/mol. The topological polar surface area (TPSA) is 30.0 Å². The molecule has 2 heterocycles. The number of hydrogen-bond donors (Lipinski definition) is 0. The number of carbonyl (C=O) groups excluding carboxylic acids is 1. The molecule has 1 aliphatic carbocycles. The van der Waals surface area contributed by atoms with Crippen LogP contribution in [0.25, 0.3) is 21.3 Å². The van der Waals surface area contributed by atoms with Gasteiger partial charge in [0.05, 0.1) is 11.3 Å². The normalized spacial score (nSPS) is 13.4. The quantitative estimate of drug-likeness (QED) is 0.360. The Morgan fingerprint density at radius 3 is 2.55 bits per heavy atom. The number of carbonyl (C=O) groups is 1. The van der Waals surface area contributed by atoms with Crippen LogP contribution in [0.1, 0.15) is 50.5 Å². The Morgan fingerprint density at radius 2 is 1.76 bits per heavy atom. The number of ketones is 1. The number of fused-ring (bicyclic) bond motifs is 3. The third-order valence-electron chi connectivity index (χ3n) is 5.85. The maximum Gasteiger partial charge on any atom is 0.195 e. The molecule has 2 aromatic heterocycles. The summed E-state index contributed by atoms with van der Waals surface area (Å²) in [6.07, 6.45) is 4.67. The molecule has 0 saturated carbocycles. The Labute approximate surface area is 175 Å². The molecule has 144 valence electrons. The summed E-state index contributed by atoms with van der Waals surface area (Å²) in [6, 6.07) is 18.1. The van der Waals surface area contributed by atoms with E-state index in [2.05, 4.69) is 31.2 Å². The van der Waals surface area contributed by atoms with Crippen molar-refractivity contribution in [3.63, 3.8) is 0 Å². The van der Waals surface area contributed by atoms with E-state index in [-0.39, 0.29) is 5.78 Å². The highest BCUT2D eigenvalue weighted by molar-refractivity contribution is 7.19. The third-order valence-corrected chi connectivity index (χ3v) is 7.04. The van der Waals surface area contributed by atoms with Gasteiger partial charge < -0.3 is 0 Å². The van der Waals surface area contributed by atoms with Gasteiger partial charge in [-0.15, -0.1) is 11.3 Å². The minimum absolute atomic E-state index is 0.0600. The van der Waals surface area contributed by atoms with Gasteiger partial charge in [-0.25, -0.2) is 4.98 Å². The molecule has 0 bridgehead atoms. The van der Waals surface area contributed by atoms with Crippen molar-refractivity contribution < 1.29 is 4.79 Å². The maximum absolute atomic E-state index is 13.6. The Bertz CT molecular complexity index is 1240. The highest BCUT2D eigenvalue weighted by Gasteiger charge is 2.26. The molecule has 3 heteroatoms. The number of hydrogen-bond acceptors (Lipinski definition) is 3. The van der Waals surface area contributed by atoms with E-state index in [1.54, 1.807) is 0 Å². The van der Waals surface area contributed by atoms with Crippen LogP contribution < -0.4 is 0 Å². The van der Waals surface area contributed by atoms with Crippen LogP contribution in [-0.4, -0.2) is 10.8 Å². The Kier molecular flexibility index (Phi) is 4.56. The summed E-state index contributed by atoms with van der Waals surface area (Å²) >= 11 is 1.82. The van der Waals surface area contributed by atoms with E-state index >= 15 is 0 Å². The molecule has 0 radical (unpaired) electrons. The highest BCUT2D eigenvalue weighted by atomic mass is 32.1. The average Bonchev–Trinajstić information content (AvgIpc) is 3.10. The van der Waals surface area contributed by atoms with E-state index in [1.807, 2.05) is 48.6 Å². The molecule has 0 amide bonds. The van der Waals surface area contributed by atoms with Crippen LogP contribution in [-0.2, 0) is 12.8 Å². The van der Waals surface area contributed by atoms with Crippen LogP contribution in [0.2, 0.25) is 0 Å². The smallest absolute Gasteiger partial charge is 0.195 e. The van der Waals surface area contributed by atoms with Gasteiger partial charge in [0.1, 0.15) is 4.83 Å². The van der Waals surface area contributed by atoms with Crippen LogP contribution in [0, 0.1) is 13.8 Å². The van der Waals surface area contributed by atoms with Crippen LogP contribution >= 0.6 is 11.3 Å². The summed E-state index contributed by atoms with van der Waals surface area (Å²) in [5.41, 5.74) is 7.10. The minimum Gasteiger partial charge on any atom is -0.289 e. The summed E-state index contributed by atoms with van der Waals surface area (Å²) in [5.74, 6) is 0.0600. The molecule has 2 nitrogen and oxygen atoms in total. The van der Waals surface area contributed by atoms with Gasteiger partial charge in [-0.1, -0.05) is 60.2 Å². The first kappa shape index (κ1) is 18.3. The number of benzene rings is 2. The lowest BCUT2D eigenvalue weighted by molar-refractivity contribution is 0.103. The Balaban J connectivity index is 1.88. The zero-order valence-corrected chi connectivity index (χ0v) is 17.6. The molecule has 4 aromatic rings. The van der Waals surface area contributed by atoms with E-state index in [9.17, 15) is 4.79 Å². The van der Waals surface area contributed by atoms with Crippen molar-refractivity contribution >= 4 is 27.3 Å². The van der Waals surface area contributed by atoms with Gasteiger partial charge in [0.2, 0.25) is 0 Å². The van der Waals surface area contributed by atoms with E-state index in [0.717, 1.165) is 45.6 Å². The molecular formula is C26H23NOS. The van der Waals surface area contributed by atoms with Crippen LogP contribution in [0.3, 0.4) is 0 Å². The van der Waals surface area contributed by atoms with Crippen molar-refractivity contribution in [2.24, 2.45) is 0 Å². The fraction of sp³-hybridized carbons (Fsp3) is 0.231. The lowest BCUT2D eigenvalue weighted by Gasteiger charge is -2.17. The number of aromatic nitrogens is 1. The third kappa shape index (κ3) is 3.10. The second kappa shape index (κ2) is 7.23. The van der Waals surface area contributed by atoms with Crippen LogP contribution in [0.15, 0.2) is 54.6 Å². The Morgan fingerprint density at radius 1 is 0.966 bits per heavy atom. The average molecular weight is 398 g/mol. The summed E-state index contributed by atoms with van der Waals surface area (Å²) in [4.78, 5) is 21.1. The molecule has 0 aliphatic heterocycles. The van der Waals surface area contributed by atoms with Crippen molar-refractivity contribution in [2.45, 2.75) is 39.5 Å². The summed E-state index contributed by atoms with van der Waals surface area (Å²) in [7, 11) is 0. The molecule has 0 spiro atoms. The molecule has 0 atom stereocenters. The number of thiophene rings is 1. The SMILES string of the molecule is Cc1cccc(-c2c(C(=O)c3ccccc3)c(C)nc3sc4c(c23)CCCC4)c1. The molecule has 5 rings (SSSR count). The van der Waals surface area contributed by atoms with Crippen molar-refractivity contribution in [1.82, 2.24) is 4.98 Å². The number of nitrogens with zero attached hydrogens (tertiary/aromatic N) is 1. The molecule has 0 saturated heterocycles. The van der Waals surface area contributed by atoms with Crippen LogP contribution in [0.4, 0.5) is 0 Å². The summed E-state index contributed by atoms with van der Waals surface area (Å²) in [5, 5.41) is 1.21. The number of aryl methyl sites for hydroxylation is 4. The first-order valence-electron chi connectivity index (χ1n) is 10.2. The fourth-order valence-corrected chi connectivity index (χ4v) is 5.82. The lowest BCUT2D eigenvalue weighted by Crippen LogP contribution is -2.09. The monoisotopic (exact) mass is 397 g/mol. The zero-order chi connectivity index (χ0) is 20.0. The molecule has 0 unspecified atom stereocenters. The standard InChI is InChI=1S/C26H23NOS/c1-16-9-8-12-19(15-16)23-22(25(28)18-10-4-3-5-11-18)17(2)27-26-24(23)20-13-6-7-14-21(20)29-26/h3-5,8-12,15H,6-7,13-14H2,1-2H3. The minimum atomic E-state index is 0.0600. The van der Waals surface area contributed by atoms with Gasteiger partial charge >= 0.3 is 0 Å². The van der Waals surface area contributed by atoms with E-state index in [1.165, 1.54) is 34.2 Å². The molecule has 0 fully saturated rings. The maximum atomic E-state index is 13.6. The van der Waals surface area contributed by atoms with Gasteiger partial charge in [0.25, 0.3) is 0 Å². The van der Waals surface area contributed by atoms with Crippen molar-refractivity contribution in [1.29, 1.82) is 0 Å². The first-order valence-corrected chi connectivity index (χ1v) is 11.1. The van der Waals surface area contributed by atoms with Gasteiger partial charge in [-0.3, -0.25) is 4.79 Å². The van der Waals surface area contributed by atoms with Crippen molar-refractivity contribution in [2.75, 3.05) is 0 Å². The van der Waals surface area contributed by atoms with E-state index in [4.69, 9.17) is 4.98 Å². The largest absolute Gasteiger partial charge is 0.289 e. The molecule has 2 aromatic carbocycles. The first-order chi connectivity index (χ1) is 14.1. The van der Waals surface area contributed by atoms with Crippen molar-refractivity contribution in [3.8, 4) is 11.1 Å². The second-order valence-corrected chi connectivity index (χ2v) is 8.99. The number of rotatable bonds is 3. The lowest BCUT2D eigenvalue weighted by atomic mass is 9.87. The molecular weight excluding hydrogens is 374 g/mol. The highest BCUT2D eigenvalue weighted by Crippen LogP contribution is 2.43. The fourth-order valence-electron chi connectivity index (χ4n) is 4.50. The Hall–Kier alpha value is -2.78. The molecule has 29 heavy (non-hydrogen) atoms. The van der Waals surface area contributed by atoms with Gasteiger partial charge in [0, 0.05) is 21.4 Å². The van der Waals surface area contributed by atoms with E-state index in [0.29, 0.717) is 0 Å². The summed E-state index contributed by atoms with van der Waals surface area (Å²) < 4.78 is 0. The molecule has 0 N–H and O–H groups in total. The van der Waals surface area contributed by atoms with Crippen molar-refractivity contribution in [3.05, 3.63) is 87.4 Å². The zero-order valence-electron chi connectivity index (χ0n) is 16.8. The van der Waals surface area contributed by atoms with Gasteiger partial charge in [-0.05, 0) is 50.7 Å². The predicted octanol–water partition coefficient (Wildman–Crippen LogP) is 6.69. The molecule has 1 aliphatic rings. The number of pyridine rings is 1. The van der Waals surface area contributed by atoms with E-state index < -0.39 is 0 Å². The van der Waals surface area contributed by atoms with Crippen LogP contribution in [0.5, 0.6) is 0 Å². The summed E-state index contributed by atoms with van der Waals surface area (Å²) in [6.45, 7) is 4.09. The van der Waals surface area contributed by atoms with Gasteiger partial charge in [-0.2, -0.15) is 0 Å².